The van der Waals surface area contributed by atoms with Gasteiger partial charge in [-0.05, 0) is 65.2 Å². The predicted molar refractivity (Wildman–Crippen MR) is 150 cm³/mol. The van der Waals surface area contributed by atoms with Crippen molar-refractivity contribution in [1.29, 1.82) is 0 Å². The summed E-state index contributed by atoms with van der Waals surface area (Å²) in [6.45, 7) is 7.85. The van der Waals surface area contributed by atoms with Gasteiger partial charge in [0.05, 0.1) is 0 Å². The molecule has 0 aromatic carbocycles. The van der Waals surface area contributed by atoms with Gasteiger partial charge in [0.2, 0.25) is 0 Å². The minimum Gasteiger partial charge on any atom is -0.450 e. The summed E-state index contributed by atoms with van der Waals surface area (Å²) in [5.41, 5.74) is -0.666. The van der Waals surface area contributed by atoms with E-state index in [4.69, 9.17) is 40.5 Å². The fourth-order valence-electron chi connectivity index (χ4n) is 3.74. The molecule has 0 amide bonds. The third-order valence-corrected chi connectivity index (χ3v) is 5.65. The molecule has 0 spiro atoms. The summed E-state index contributed by atoms with van der Waals surface area (Å²) in [6.07, 6.45) is 8.99. The summed E-state index contributed by atoms with van der Waals surface area (Å²) < 4.78 is 0. The zero-order valence-electron chi connectivity index (χ0n) is 18.5. The second-order valence-electron chi connectivity index (χ2n) is 8.62. The highest BCUT2D eigenvalue weighted by Crippen LogP contribution is 2.34. The standard InChI is InChI=1S/2C9H18O2.2CH2O3.6CH4/c2*1-9(2,11-10)8-6-4-3-5-7-8;2*2-1(3)4;;;;;;/h2*8,10H,3-7H2,1-2H3;2*(H2,2,3,4);6*1H4. The minimum atomic E-state index is -1.83. The summed E-state index contributed by atoms with van der Waals surface area (Å²) in [5.74, 6) is 1.09. The van der Waals surface area contributed by atoms with Crippen molar-refractivity contribution in [3.05, 3.63) is 0 Å². The van der Waals surface area contributed by atoms with Gasteiger partial charge in [0.25, 0.3) is 0 Å². The molecule has 0 bridgehead atoms. The smallest absolute Gasteiger partial charge is 0.450 e. The van der Waals surface area contributed by atoms with Gasteiger partial charge >= 0.3 is 12.3 Å². The topological polar surface area (TPSA) is 174 Å². The van der Waals surface area contributed by atoms with Crippen LogP contribution in [0.5, 0.6) is 0 Å². The summed E-state index contributed by atoms with van der Waals surface area (Å²) in [4.78, 5) is 26.1. The van der Waals surface area contributed by atoms with Gasteiger partial charge in [-0.2, -0.15) is 0 Å². The quantitative estimate of drug-likeness (QED) is 0.150. The molecule has 10 heteroatoms. The Morgan fingerprint density at radius 3 is 0.833 bits per heavy atom. The molecule has 2 rings (SSSR count). The van der Waals surface area contributed by atoms with Crippen LogP contribution in [-0.4, -0.2) is 54.5 Å². The van der Waals surface area contributed by atoms with E-state index in [9.17, 15) is 0 Å². The third kappa shape index (κ3) is 30.4. The van der Waals surface area contributed by atoms with Crippen LogP contribution in [0.25, 0.3) is 0 Å². The molecule has 2 fully saturated rings. The van der Waals surface area contributed by atoms with Gasteiger partial charge in [-0.1, -0.05) is 83.1 Å². The molecule has 6 N–H and O–H groups in total. The van der Waals surface area contributed by atoms with Crippen molar-refractivity contribution in [2.24, 2.45) is 11.8 Å². The van der Waals surface area contributed by atoms with Crippen molar-refractivity contribution in [2.75, 3.05) is 0 Å². The Bertz CT molecular complexity index is 406. The SMILES string of the molecule is C.C.C.C.C.C.CC(C)(OO)C1CCCCC1.CC(C)(OO)C1CCCCC1.O=C(O)O.O=C(O)O. The lowest BCUT2D eigenvalue weighted by Crippen LogP contribution is -2.34. The average Bonchev–Trinajstić information content (AvgIpc) is 2.69. The fraction of sp³-hybridized carbons (Fsp3) is 0.923. The van der Waals surface area contributed by atoms with Crippen LogP contribution in [0.1, 0.15) is 136 Å². The van der Waals surface area contributed by atoms with Gasteiger partial charge in [0.1, 0.15) is 11.2 Å². The highest BCUT2D eigenvalue weighted by Gasteiger charge is 2.32. The normalized spacial score (nSPS) is 14.8. The molecule has 2 aliphatic carbocycles. The Labute approximate surface area is 222 Å². The lowest BCUT2D eigenvalue weighted by molar-refractivity contribution is -0.328. The number of hydrogen-bond donors (Lipinski definition) is 6. The first kappa shape index (κ1) is 55.0. The predicted octanol–water partition coefficient (Wildman–Crippen LogP) is 9.93. The molecule has 0 heterocycles. The molecular weight excluding hydrogens is 472 g/mol. The van der Waals surface area contributed by atoms with Crippen LogP contribution in [0, 0.1) is 11.8 Å². The molecule has 0 aromatic rings. The number of hydrogen-bond acceptors (Lipinski definition) is 6. The van der Waals surface area contributed by atoms with Crippen LogP contribution in [-0.2, 0) is 9.78 Å². The number of carbonyl (C=O) groups is 2. The van der Waals surface area contributed by atoms with E-state index in [1.165, 1.54) is 64.2 Å². The maximum Gasteiger partial charge on any atom is 0.503 e. The molecule has 0 radical (unpaired) electrons. The number of carboxylic acid groups (broad SMARTS) is 4. The van der Waals surface area contributed by atoms with Crippen LogP contribution in [0.4, 0.5) is 9.59 Å². The van der Waals surface area contributed by atoms with E-state index in [1.807, 2.05) is 27.7 Å². The van der Waals surface area contributed by atoms with Crippen LogP contribution < -0.4 is 0 Å². The Morgan fingerprint density at radius 1 is 0.528 bits per heavy atom. The molecule has 0 saturated heterocycles. The molecule has 10 nitrogen and oxygen atoms in total. The van der Waals surface area contributed by atoms with Crippen molar-refractivity contribution in [3.8, 4) is 0 Å². The molecule has 0 unspecified atom stereocenters. The van der Waals surface area contributed by atoms with Gasteiger partial charge < -0.3 is 20.4 Å². The molecular formula is C26H64O10. The van der Waals surface area contributed by atoms with E-state index in [0.717, 1.165) is 0 Å². The maximum atomic E-state index is 8.65. The highest BCUT2D eigenvalue weighted by atomic mass is 17.1. The molecule has 0 aromatic heterocycles. The monoisotopic (exact) mass is 536 g/mol. The Morgan fingerprint density at radius 2 is 0.694 bits per heavy atom. The second-order valence-corrected chi connectivity index (χ2v) is 8.62. The molecule has 36 heavy (non-hydrogen) atoms. The first-order chi connectivity index (χ1) is 13.8. The van der Waals surface area contributed by atoms with E-state index in [0.29, 0.717) is 11.8 Å². The van der Waals surface area contributed by atoms with Crippen LogP contribution in [0.3, 0.4) is 0 Å². The van der Waals surface area contributed by atoms with Crippen molar-refractivity contribution < 1.29 is 50.3 Å². The van der Waals surface area contributed by atoms with Crippen LogP contribution >= 0.6 is 0 Å². The number of rotatable bonds is 4. The third-order valence-electron chi connectivity index (χ3n) is 5.65. The Hall–Kier alpha value is -1.62. The summed E-state index contributed by atoms with van der Waals surface area (Å²) in [5, 5.41) is 45.2. The molecule has 228 valence electrons. The van der Waals surface area contributed by atoms with Crippen LogP contribution in [0.2, 0.25) is 0 Å². The van der Waals surface area contributed by atoms with E-state index < -0.39 is 12.3 Å². The lowest BCUT2D eigenvalue weighted by Gasteiger charge is -2.33. The molecule has 0 aliphatic heterocycles. The Balaban J connectivity index is -0.0000000498. The van der Waals surface area contributed by atoms with E-state index >= 15 is 0 Å². The largest absolute Gasteiger partial charge is 0.503 e. The van der Waals surface area contributed by atoms with Crippen molar-refractivity contribution >= 4 is 12.3 Å². The van der Waals surface area contributed by atoms with Crippen molar-refractivity contribution in [2.45, 2.75) is 148 Å². The first-order valence-corrected chi connectivity index (χ1v) is 10.3. The summed E-state index contributed by atoms with van der Waals surface area (Å²) >= 11 is 0. The first-order valence-electron chi connectivity index (χ1n) is 10.3. The van der Waals surface area contributed by atoms with Gasteiger partial charge in [0, 0.05) is 0 Å². The molecule has 0 atom stereocenters. The zero-order valence-corrected chi connectivity index (χ0v) is 18.5. The van der Waals surface area contributed by atoms with Gasteiger partial charge in [-0.25, -0.2) is 19.4 Å². The fourth-order valence-corrected chi connectivity index (χ4v) is 3.74. The highest BCUT2D eigenvalue weighted by molar-refractivity contribution is 5.53. The van der Waals surface area contributed by atoms with Gasteiger partial charge in [-0.15, -0.1) is 0 Å². The average molecular weight is 537 g/mol. The summed E-state index contributed by atoms with van der Waals surface area (Å²) in [7, 11) is 0. The second kappa shape index (κ2) is 29.6. The van der Waals surface area contributed by atoms with Crippen molar-refractivity contribution in [1.82, 2.24) is 0 Å². The molecule has 2 aliphatic rings. The van der Waals surface area contributed by atoms with Gasteiger partial charge in [-0.3, -0.25) is 10.5 Å². The van der Waals surface area contributed by atoms with E-state index in [1.54, 1.807) is 0 Å². The lowest BCUT2D eigenvalue weighted by atomic mass is 9.79. The maximum absolute atomic E-state index is 8.65. The minimum absolute atomic E-state index is 0. The van der Waals surface area contributed by atoms with E-state index in [-0.39, 0.29) is 55.8 Å². The molecule has 2 saturated carbocycles. The van der Waals surface area contributed by atoms with Crippen molar-refractivity contribution in [3.63, 3.8) is 0 Å². The van der Waals surface area contributed by atoms with Crippen LogP contribution in [0.15, 0.2) is 0 Å². The van der Waals surface area contributed by atoms with E-state index in [2.05, 4.69) is 9.78 Å². The Kier molecular flexibility index (Phi) is 45.3. The summed E-state index contributed by atoms with van der Waals surface area (Å²) in [6, 6.07) is 0. The zero-order chi connectivity index (χ0) is 23.8. The van der Waals surface area contributed by atoms with Gasteiger partial charge in [0.15, 0.2) is 0 Å².